The Morgan fingerprint density at radius 2 is 1.77 bits per heavy atom. The predicted molar refractivity (Wildman–Crippen MR) is 122 cm³/mol. The number of hydrogen-bond acceptors (Lipinski definition) is 4. The van der Waals surface area contributed by atoms with Gasteiger partial charge in [-0.2, -0.15) is 4.98 Å². The first-order chi connectivity index (χ1) is 15.2. The third-order valence-electron chi connectivity index (χ3n) is 6.10. The maximum absolute atomic E-state index is 13.0. The SMILES string of the molecule is O=C1CCCC2=C1C(c1ccccc1Cl)n1nc(-c3cccc4ccccc34)nc1N2. The number of ketones is 1. The molecule has 0 radical (unpaired) electrons. The first-order valence-corrected chi connectivity index (χ1v) is 10.8. The van der Waals surface area contributed by atoms with E-state index >= 15 is 0 Å². The van der Waals surface area contributed by atoms with Crippen LogP contribution >= 0.6 is 11.6 Å². The molecule has 31 heavy (non-hydrogen) atoms. The van der Waals surface area contributed by atoms with Crippen molar-refractivity contribution in [2.24, 2.45) is 0 Å². The van der Waals surface area contributed by atoms with Crippen LogP contribution in [0.5, 0.6) is 0 Å². The lowest BCUT2D eigenvalue weighted by Gasteiger charge is -2.32. The van der Waals surface area contributed by atoms with Gasteiger partial charge in [0.25, 0.3) is 0 Å². The van der Waals surface area contributed by atoms with E-state index in [0.29, 0.717) is 23.2 Å². The molecule has 152 valence electrons. The number of nitrogens with one attached hydrogen (secondary N) is 1. The summed E-state index contributed by atoms with van der Waals surface area (Å²) in [4.78, 5) is 17.8. The third-order valence-corrected chi connectivity index (χ3v) is 6.44. The molecular formula is C25H19ClN4O. The summed E-state index contributed by atoms with van der Waals surface area (Å²) < 4.78 is 1.82. The van der Waals surface area contributed by atoms with Crippen molar-refractivity contribution < 1.29 is 4.79 Å². The van der Waals surface area contributed by atoms with Crippen LogP contribution in [0.2, 0.25) is 5.02 Å². The van der Waals surface area contributed by atoms with Crippen LogP contribution in [0.3, 0.4) is 0 Å². The van der Waals surface area contributed by atoms with E-state index < -0.39 is 0 Å². The van der Waals surface area contributed by atoms with Crippen LogP contribution in [0.1, 0.15) is 30.9 Å². The highest BCUT2D eigenvalue weighted by molar-refractivity contribution is 6.31. The van der Waals surface area contributed by atoms with Crippen LogP contribution in [0.4, 0.5) is 5.95 Å². The number of hydrogen-bond donors (Lipinski definition) is 1. The summed E-state index contributed by atoms with van der Waals surface area (Å²) in [5.74, 6) is 1.41. The second-order valence-electron chi connectivity index (χ2n) is 7.95. The van der Waals surface area contributed by atoms with Crippen molar-refractivity contribution in [1.29, 1.82) is 0 Å². The van der Waals surface area contributed by atoms with E-state index in [2.05, 4.69) is 23.5 Å². The summed E-state index contributed by atoms with van der Waals surface area (Å²) in [5, 5.41) is 11.1. The minimum atomic E-state index is -0.385. The van der Waals surface area contributed by atoms with Gasteiger partial charge in [-0.3, -0.25) is 4.79 Å². The number of aromatic nitrogens is 3. The Balaban J connectivity index is 1.57. The minimum Gasteiger partial charge on any atom is -0.328 e. The number of rotatable bonds is 2. The molecule has 1 atom stereocenters. The average Bonchev–Trinajstić information content (AvgIpc) is 3.21. The summed E-state index contributed by atoms with van der Waals surface area (Å²) in [5.41, 5.74) is 3.51. The topological polar surface area (TPSA) is 59.8 Å². The quantitative estimate of drug-likeness (QED) is 0.441. The molecule has 1 unspecified atom stereocenters. The Kier molecular flexibility index (Phi) is 4.18. The second kappa shape index (κ2) is 7.06. The molecule has 2 heterocycles. The molecule has 1 N–H and O–H groups in total. The summed E-state index contributed by atoms with van der Waals surface area (Å²) in [6, 6.07) is 21.6. The van der Waals surface area contributed by atoms with Gasteiger partial charge in [0.15, 0.2) is 11.6 Å². The third kappa shape index (κ3) is 2.88. The summed E-state index contributed by atoms with van der Waals surface area (Å²) in [6.07, 6.45) is 2.20. The van der Waals surface area contributed by atoms with Gasteiger partial charge in [-0.1, -0.05) is 72.3 Å². The van der Waals surface area contributed by atoms with Gasteiger partial charge >= 0.3 is 0 Å². The molecule has 0 spiro atoms. The summed E-state index contributed by atoms with van der Waals surface area (Å²) in [6.45, 7) is 0. The number of Topliss-reactive ketones (excluding diaryl/α,β-unsaturated/α-hetero) is 1. The number of allylic oxidation sites excluding steroid dienone is 2. The van der Waals surface area contributed by atoms with E-state index in [1.165, 1.54) is 0 Å². The van der Waals surface area contributed by atoms with Crippen molar-refractivity contribution in [2.75, 3.05) is 5.32 Å². The van der Waals surface area contributed by atoms with E-state index in [1.807, 2.05) is 53.2 Å². The molecule has 6 heteroatoms. The zero-order chi connectivity index (χ0) is 20.9. The summed E-state index contributed by atoms with van der Waals surface area (Å²) >= 11 is 6.59. The molecule has 0 fully saturated rings. The molecule has 0 saturated heterocycles. The average molecular weight is 427 g/mol. The van der Waals surface area contributed by atoms with Gasteiger partial charge in [-0.25, -0.2) is 4.68 Å². The zero-order valence-corrected chi connectivity index (χ0v) is 17.4. The van der Waals surface area contributed by atoms with Gasteiger partial charge in [-0.15, -0.1) is 5.10 Å². The van der Waals surface area contributed by atoms with Crippen molar-refractivity contribution in [3.63, 3.8) is 0 Å². The second-order valence-corrected chi connectivity index (χ2v) is 8.36. The fourth-order valence-electron chi connectivity index (χ4n) is 4.68. The van der Waals surface area contributed by atoms with Crippen LogP contribution in [-0.4, -0.2) is 20.5 Å². The van der Waals surface area contributed by atoms with E-state index in [9.17, 15) is 4.79 Å². The highest BCUT2D eigenvalue weighted by Gasteiger charge is 2.37. The zero-order valence-electron chi connectivity index (χ0n) is 16.7. The van der Waals surface area contributed by atoms with Crippen molar-refractivity contribution in [2.45, 2.75) is 25.3 Å². The number of carbonyl (C=O) groups is 1. The Morgan fingerprint density at radius 3 is 2.68 bits per heavy atom. The normalized spacial score (nSPS) is 18.0. The molecule has 0 saturated carbocycles. The van der Waals surface area contributed by atoms with Gasteiger partial charge in [0.05, 0.1) is 0 Å². The fourth-order valence-corrected chi connectivity index (χ4v) is 4.91. The Hall–Kier alpha value is -3.44. The van der Waals surface area contributed by atoms with Crippen molar-refractivity contribution in [3.8, 4) is 11.4 Å². The van der Waals surface area contributed by atoms with Gasteiger partial charge in [-0.05, 0) is 29.7 Å². The summed E-state index contributed by atoms with van der Waals surface area (Å²) in [7, 11) is 0. The highest BCUT2D eigenvalue weighted by atomic mass is 35.5. The number of halogens is 1. The van der Waals surface area contributed by atoms with Gasteiger partial charge in [0.2, 0.25) is 5.95 Å². The number of nitrogens with zero attached hydrogens (tertiary/aromatic N) is 3. The van der Waals surface area contributed by atoms with Gasteiger partial charge in [0.1, 0.15) is 6.04 Å². The lowest BCUT2D eigenvalue weighted by molar-refractivity contribution is -0.116. The fraction of sp³-hybridized carbons (Fsp3) is 0.160. The van der Waals surface area contributed by atoms with Crippen LogP contribution in [0, 0.1) is 0 Å². The highest BCUT2D eigenvalue weighted by Crippen LogP contribution is 2.42. The number of benzene rings is 3. The number of carbonyl (C=O) groups excluding carboxylic acids is 1. The van der Waals surface area contributed by atoms with Crippen LogP contribution < -0.4 is 5.32 Å². The molecule has 2 aliphatic rings. The van der Waals surface area contributed by atoms with E-state index in [0.717, 1.165) is 46.0 Å². The number of anilines is 1. The molecule has 6 rings (SSSR count). The smallest absolute Gasteiger partial charge is 0.226 e. The molecule has 4 aromatic rings. The van der Waals surface area contributed by atoms with Gasteiger partial charge < -0.3 is 5.32 Å². The molecule has 5 nitrogen and oxygen atoms in total. The van der Waals surface area contributed by atoms with E-state index in [-0.39, 0.29) is 11.8 Å². The molecule has 0 bridgehead atoms. The Morgan fingerprint density at radius 1 is 0.968 bits per heavy atom. The maximum Gasteiger partial charge on any atom is 0.226 e. The molecule has 1 aliphatic heterocycles. The van der Waals surface area contributed by atoms with Crippen molar-refractivity contribution in [1.82, 2.24) is 14.8 Å². The first kappa shape index (κ1) is 18.3. The standard InChI is InChI=1S/C25H19ClN4O/c26-19-12-4-3-10-18(19)23-22-20(13-6-14-21(22)31)27-25-28-24(29-30(23)25)17-11-5-8-15-7-1-2-9-16(15)17/h1-5,7-12,23H,6,13-14H2,(H,27,28,29). The monoisotopic (exact) mass is 426 g/mol. The van der Waals surface area contributed by atoms with Gasteiger partial charge in [0, 0.05) is 33.8 Å². The van der Waals surface area contributed by atoms with Crippen LogP contribution in [0.25, 0.3) is 22.2 Å². The number of fused-ring (bicyclic) bond motifs is 2. The lowest BCUT2D eigenvalue weighted by Crippen LogP contribution is -2.31. The van der Waals surface area contributed by atoms with Crippen molar-refractivity contribution >= 4 is 34.1 Å². The first-order valence-electron chi connectivity index (χ1n) is 10.4. The van der Waals surface area contributed by atoms with E-state index in [1.54, 1.807) is 0 Å². The Bertz CT molecular complexity index is 1380. The molecule has 1 aromatic heterocycles. The van der Waals surface area contributed by atoms with Crippen molar-refractivity contribution in [3.05, 3.63) is 88.6 Å². The maximum atomic E-state index is 13.0. The minimum absolute atomic E-state index is 0.145. The van der Waals surface area contributed by atoms with Crippen LogP contribution in [0.15, 0.2) is 78.0 Å². The molecular weight excluding hydrogens is 408 g/mol. The van der Waals surface area contributed by atoms with Crippen LogP contribution in [-0.2, 0) is 4.79 Å². The lowest BCUT2D eigenvalue weighted by atomic mass is 9.85. The van der Waals surface area contributed by atoms with E-state index in [4.69, 9.17) is 21.7 Å². The molecule has 0 amide bonds. The predicted octanol–water partition coefficient (Wildman–Crippen LogP) is 5.77. The Labute approximate surface area is 184 Å². The largest absolute Gasteiger partial charge is 0.328 e. The molecule has 3 aromatic carbocycles. The molecule has 1 aliphatic carbocycles.